The summed E-state index contributed by atoms with van der Waals surface area (Å²) in [6, 6.07) is 0. The Balaban J connectivity index is 1.73. The zero-order valence-corrected chi connectivity index (χ0v) is 14.9. The first-order chi connectivity index (χ1) is 10.4. The van der Waals surface area contributed by atoms with E-state index in [0.717, 1.165) is 12.8 Å². The van der Waals surface area contributed by atoms with E-state index in [4.69, 9.17) is 18.9 Å². The first-order valence-electron chi connectivity index (χ1n) is 9.02. The molecule has 0 bridgehead atoms. The van der Waals surface area contributed by atoms with E-state index < -0.39 is 11.6 Å². The molecule has 22 heavy (non-hydrogen) atoms. The van der Waals surface area contributed by atoms with Gasteiger partial charge < -0.3 is 18.9 Å². The summed E-state index contributed by atoms with van der Waals surface area (Å²) in [4.78, 5) is 0. The van der Waals surface area contributed by atoms with E-state index in [1.54, 1.807) is 0 Å². The first kappa shape index (κ1) is 16.7. The molecule has 0 saturated carbocycles. The van der Waals surface area contributed by atoms with Crippen LogP contribution in [0.5, 0.6) is 0 Å². The fourth-order valence-electron chi connectivity index (χ4n) is 4.49. The molecule has 2 spiro atoms. The van der Waals surface area contributed by atoms with Gasteiger partial charge in [0.2, 0.25) is 0 Å². The van der Waals surface area contributed by atoms with Crippen molar-refractivity contribution >= 4 is 0 Å². The minimum Gasteiger partial charge on any atom is -0.344 e. The summed E-state index contributed by atoms with van der Waals surface area (Å²) in [5.74, 6) is 0.500. The molecule has 3 rings (SSSR count). The summed E-state index contributed by atoms with van der Waals surface area (Å²) >= 11 is 0. The molecule has 8 unspecified atom stereocenters. The molecule has 3 saturated heterocycles. The van der Waals surface area contributed by atoms with Gasteiger partial charge in [-0.1, -0.05) is 41.5 Å². The lowest BCUT2D eigenvalue weighted by Crippen LogP contribution is -2.58. The van der Waals surface area contributed by atoms with Gasteiger partial charge in [-0.3, -0.25) is 0 Å². The third-order valence-electron chi connectivity index (χ3n) is 6.68. The second-order valence-electron chi connectivity index (χ2n) is 7.63. The van der Waals surface area contributed by atoms with Crippen molar-refractivity contribution in [1.82, 2.24) is 0 Å². The van der Waals surface area contributed by atoms with Crippen LogP contribution in [0.2, 0.25) is 0 Å². The van der Waals surface area contributed by atoms with Gasteiger partial charge in [0.15, 0.2) is 11.6 Å². The van der Waals surface area contributed by atoms with E-state index >= 15 is 0 Å². The summed E-state index contributed by atoms with van der Waals surface area (Å²) in [6.45, 7) is 14.2. The standard InChI is InChI=1S/C18H32O4/c1-7-15-11(3)13(5)17(21-15)9-20-18(10-19-17)14(6)12(4)16(8-2)22-18/h11-16H,7-10H2,1-6H3. The highest BCUT2D eigenvalue weighted by Gasteiger charge is 2.61. The van der Waals surface area contributed by atoms with E-state index in [-0.39, 0.29) is 12.2 Å². The van der Waals surface area contributed by atoms with Crippen molar-refractivity contribution in [3.63, 3.8) is 0 Å². The van der Waals surface area contributed by atoms with E-state index in [2.05, 4.69) is 41.5 Å². The lowest BCUT2D eigenvalue weighted by molar-refractivity contribution is -0.391. The average molecular weight is 312 g/mol. The lowest BCUT2D eigenvalue weighted by Gasteiger charge is -2.46. The highest BCUT2D eigenvalue weighted by Crippen LogP contribution is 2.50. The molecule has 0 radical (unpaired) electrons. The van der Waals surface area contributed by atoms with Crippen LogP contribution in [0, 0.1) is 23.7 Å². The second kappa shape index (κ2) is 5.73. The van der Waals surface area contributed by atoms with Gasteiger partial charge in [0, 0.05) is 11.8 Å². The van der Waals surface area contributed by atoms with Gasteiger partial charge in [-0.05, 0) is 24.7 Å². The van der Waals surface area contributed by atoms with Crippen LogP contribution in [0.1, 0.15) is 54.4 Å². The molecule has 0 N–H and O–H groups in total. The maximum absolute atomic E-state index is 6.32. The van der Waals surface area contributed by atoms with Crippen molar-refractivity contribution in [3.05, 3.63) is 0 Å². The average Bonchev–Trinajstić information content (AvgIpc) is 2.91. The zero-order valence-electron chi connectivity index (χ0n) is 14.9. The molecule has 0 aromatic rings. The fraction of sp³-hybridized carbons (Fsp3) is 1.00. The van der Waals surface area contributed by atoms with Gasteiger partial charge in [-0.15, -0.1) is 0 Å². The van der Waals surface area contributed by atoms with E-state index in [1.807, 2.05) is 0 Å². The highest BCUT2D eigenvalue weighted by atomic mass is 16.8. The van der Waals surface area contributed by atoms with Crippen molar-refractivity contribution in [2.75, 3.05) is 13.2 Å². The molecule has 3 fully saturated rings. The van der Waals surface area contributed by atoms with Crippen LogP contribution in [0.3, 0.4) is 0 Å². The Kier molecular flexibility index (Phi) is 4.35. The van der Waals surface area contributed by atoms with Crippen LogP contribution in [-0.2, 0) is 18.9 Å². The van der Waals surface area contributed by atoms with Crippen LogP contribution in [-0.4, -0.2) is 37.0 Å². The topological polar surface area (TPSA) is 36.9 Å². The first-order valence-corrected chi connectivity index (χ1v) is 9.02. The molecule has 4 nitrogen and oxygen atoms in total. The predicted molar refractivity (Wildman–Crippen MR) is 84.4 cm³/mol. The van der Waals surface area contributed by atoms with Crippen molar-refractivity contribution in [2.24, 2.45) is 23.7 Å². The van der Waals surface area contributed by atoms with E-state index in [9.17, 15) is 0 Å². The van der Waals surface area contributed by atoms with Gasteiger partial charge in [0.1, 0.15) is 13.2 Å². The van der Waals surface area contributed by atoms with Crippen LogP contribution >= 0.6 is 0 Å². The van der Waals surface area contributed by atoms with E-state index in [0.29, 0.717) is 36.9 Å². The normalized spacial score (nSPS) is 55.4. The number of ether oxygens (including phenoxy) is 4. The summed E-state index contributed by atoms with van der Waals surface area (Å²) < 4.78 is 25.2. The highest BCUT2D eigenvalue weighted by molar-refractivity contribution is 4.99. The van der Waals surface area contributed by atoms with Crippen molar-refractivity contribution in [2.45, 2.75) is 78.2 Å². The molecule has 0 aromatic carbocycles. The van der Waals surface area contributed by atoms with Crippen LogP contribution in [0.25, 0.3) is 0 Å². The van der Waals surface area contributed by atoms with Crippen LogP contribution in [0.15, 0.2) is 0 Å². The molecule has 128 valence electrons. The Bertz CT molecular complexity index is 364. The summed E-state index contributed by atoms with van der Waals surface area (Å²) in [6.07, 6.45) is 2.56. The Labute approximate surface area is 134 Å². The smallest absolute Gasteiger partial charge is 0.195 e. The van der Waals surface area contributed by atoms with E-state index in [1.165, 1.54) is 0 Å². The minimum absolute atomic E-state index is 0.261. The Morgan fingerprint density at radius 3 is 1.32 bits per heavy atom. The molecule has 0 aromatic heterocycles. The SMILES string of the molecule is CCC1OC2(COC3(CO2)OC(CC)C(C)C3C)C(C)C1C. The Morgan fingerprint density at radius 1 is 0.727 bits per heavy atom. The minimum atomic E-state index is -0.581. The van der Waals surface area contributed by atoms with Crippen molar-refractivity contribution in [3.8, 4) is 0 Å². The maximum Gasteiger partial charge on any atom is 0.195 e. The molecule has 4 heteroatoms. The molecule has 3 aliphatic heterocycles. The molecular weight excluding hydrogens is 280 g/mol. The number of rotatable bonds is 2. The predicted octanol–water partition coefficient (Wildman–Crippen LogP) is 3.59. The van der Waals surface area contributed by atoms with Gasteiger partial charge >= 0.3 is 0 Å². The van der Waals surface area contributed by atoms with Gasteiger partial charge in [-0.25, -0.2) is 0 Å². The van der Waals surface area contributed by atoms with Crippen LogP contribution in [0.4, 0.5) is 0 Å². The zero-order chi connectivity index (χ0) is 16.1. The van der Waals surface area contributed by atoms with Crippen LogP contribution < -0.4 is 0 Å². The summed E-state index contributed by atoms with van der Waals surface area (Å²) in [5.41, 5.74) is 0. The second-order valence-corrected chi connectivity index (χ2v) is 7.63. The monoisotopic (exact) mass is 312 g/mol. The molecular formula is C18H32O4. The Hall–Kier alpha value is -0.160. The molecule has 0 amide bonds. The largest absolute Gasteiger partial charge is 0.344 e. The maximum atomic E-state index is 6.32. The number of hydrogen-bond donors (Lipinski definition) is 0. The fourth-order valence-corrected chi connectivity index (χ4v) is 4.49. The third-order valence-corrected chi connectivity index (χ3v) is 6.68. The summed E-state index contributed by atoms with van der Waals surface area (Å²) in [7, 11) is 0. The lowest BCUT2D eigenvalue weighted by atomic mass is 9.85. The molecule has 3 heterocycles. The molecule has 0 aliphatic carbocycles. The molecule has 3 aliphatic rings. The van der Waals surface area contributed by atoms with Gasteiger partial charge in [0.25, 0.3) is 0 Å². The molecule has 8 atom stereocenters. The van der Waals surface area contributed by atoms with Gasteiger partial charge in [-0.2, -0.15) is 0 Å². The Morgan fingerprint density at radius 2 is 1.09 bits per heavy atom. The van der Waals surface area contributed by atoms with Gasteiger partial charge in [0.05, 0.1) is 12.2 Å². The third kappa shape index (κ3) is 2.26. The quantitative estimate of drug-likeness (QED) is 0.781. The summed E-state index contributed by atoms with van der Waals surface area (Å²) in [5, 5.41) is 0. The number of hydrogen-bond acceptors (Lipinski definition) is 4. The van der Waals surface area contributed by atoms with Crippen molar-refractivity contribution < 1.29 is 18.9 Å². The van der Waals surface area contributed by atoms with Crippen molar-refractivity contribution in [1.29, 1.82) is 0 Å².